The average Bonchev–Trinajstić information content (AvgIpc) is 3.53. The zero-order valence-electron chi connectivity index (χ0n) is 20.8. The quantitative estimate of drug-likeness (QED) is 0.258. The molecule has 0 heterocycles. The normalized spacial score (nSPS) is 17.2. The van der Waals surface area contributed by atoms with Gasteiger partial charge in [0.15, 0.2) is 0 Å². The fraction of sp³-hybridized carbons (Fsp3) is 0.586. The van der Waals surface area contributed by atoms with Crippen LogP contribution >= 0.6 is 0 Å². The molecule has 1 aliphatic carbocycles. The van der Waals surface area contributed by atoms with Crippen molar-refractivity contribution < 1.29 is 9.22 Å². The van der Waals surface area contributed by atoms with Gasteiger partial charge < -0.3 is 9.22 Å². The summed E-state index contributed by atoms with van der Waals surface area (Å²) in [7, 11) is 6.74. The van der Waals surface area contributed by atoms with E-state index in [4.69, 9.17) is 4.74 Å². The summed E-state index contributed by atoms with van der Waals surface area (Å²) in [4.78, 5) is 0. The van der Waals surface area contributed by atoms with E-state index in [-0.39, 0.29) is 0 Å². The van der Waals surface area contributed by atoms with Gasteiger partial charge >= 0.3 is 0 Å². The van der Waals surface area contributed by atoms with Crippen LogP contribution in [0.15, 0.2) is 48.5 Å². The third-order valence-electron chi connectivity index (χ3n) is 7.20. The van der Waals surface area contributed by atoms with Gasteiger partial charge in [-0.2, -0.15) is 0 Å². The molecule has 0 N–H and O–H groups in total. The van der Waals surface area contributed by atoms with E-state index in [0.29, 0.717) is 17.3 Å². The molecule has 1 fully saturated rings. The van der Waals surface area contributed by atoms with Crippen LogP contribution in [0.5, 0.6) is 5.75 Å². The van der Waals surface area contributed by atoms with E-state index < -0.39 is 0 Å². The number of hydrogen-bond donors (Lipinski definition) is 0. The molecule has 0 saturated heterocycles. The number of unbranched alkanes of at least 4 members (excludes halogenated alkanes) is 1. The van der Waals surface area contributed by atoms with E-state index in [0.717, 1.165) is 23.3 Å². The van der Waals surface area contributed by atoms with Crippen molar-refractivity contribution >= 4 is 0 Å². The minimum absolute atomic E-state index is 0.373. The van der Waals surface area contributed by atoms with Crippen LogP contribution in [0, 0.1) is 0 Å². The molecule has 0 amide bonds. The first-order valence-electron chi connectivity index (χ1n) is 12.4. The first-order valence-corrected chi connectivity index (χ1v) is 12.4. The van der Waals surface area contributed by atoms with Crippen molar-refractivity contribution in [3.8, 4) is 5.75 Å². The van der Waals surface area contributed by atoms with Crippen LogP contribution in [0.3, 0.4) is 0 Å². The second-order valence-electron chi connectivity index (χ2n) is 11.0. The molecule has 1 aliphatic rings. The van der Waals surface area contributed by atoms with Crippen molar-refractivity contribution in [1.82, 2.24) is 0 Å². The summed E-state index contributed by atoms with van der Waals surface area (Å²) in [6.07, 6.45) is 7.39. The number of rotatable bonds is 12. The Morgan fingerprint density at radius 1 is 0.839 bits per heavy atom. The molecule has 0 radical (unpaired) electrons. The van der Waals surface area contributed by atoms with Crippen molar-refractivity contribution in [3.05, 3.63) is 65.2 Å². The van der Waals surface area contributed by atoms with Crippen LogP contribution in [0.4, 0.5) is 0 Å². The maximum atomic E-state index is 5.99. The highest BCUT2D eigenvalue weighted by atomic mass is 16.5. The molecule has 0 spiro atoms. The molecule has 0 aliphatic heterocycles. The first kappa shape index (κ1) is 23.9. The summed E-state index contributed by atoms with van der Waals surface area (Å²) in [5, 5.41) is 0. The third-order valence-corrected chi connectivity index (χ3v) is 7.20. The molecule has 31 heavy (non-hydrogen) atoms. The predicted octanol–water partition coefficient (Wildman–Crippen LogP) is 7.29. The molecular formula is C29H44NO+. The zero-order chi connectivity index (χ0) is 22.5. The van der Waals surface area contributed by atoms with Gasteiger partial charge in [-0.15, -0.1) is 0 Å². The predicted molar refractivity (Wildman–Crippen MR) is 133 cm³/mol. The van der Waals surface area contributed by atoms with Gasteiger partial charge in [0.1, 0.15) is 5.75 Å². The SMILES string of the molecule is CCC(C)c1ccc(C(C)CC2(c3ccc(OCCCC[N+](C)(C)C)cc3)CC2)cc1. The Morgan fingerprint density at radius 3 is 1.94 bits per heavy atom. The molecule has 2 aromatic rings. The van der Waals surface area contributed by atoms with E-state index in [2.05, 4.69) is 90.4 Å². The second-order valence-corrected chi connectivity index (χ2v) is 11.0. The molecule has 0 bridgehead atoms. The monoisotopic (exact) mass is 422 g/mol. The number of nitrogens with zero attached hydrogens (tertiary/aromatic N) is 1. The van der Waals surface area contributed by atoms with Crippen LogP contribution in [0.25, 0.3) is 0 Å². The summed E-state index contributed by atoms with van der Waals surface area (Å²) in [5.41, 5.74) is 4.81. The molecule has 3 rings (SSSR count). The summed E-state index contributed by atoms with van der Waals surface area (Å²) in [6.45, 7) is 8.99. The Kier molecular flexibility index (Phi) is 7.86. The van der Waals surface area contributed by atoms with Gasteiger partial charge in [-0.3, -0.25) is 0 Å². The van der Waals surface area contributed by atoms with Crippen molar-refractivity contribution in [1.29, 1.82) is 0 Å². The molecule has 2 aromatic carbocycles. The second kappa shape index (κ2) is 10.2. The van der Waals surface area contributed by atoms with Crippen LogP contribution in [-0.4, -0.2) is 38.8 Å². The van der Waals surface area contributed by atoms with Gasteiger partial charge in [-0.25, -0.2) is 0 Å². The minimum Gasteiger partial charge on any atom is -0.494 e. The molecule has 2 nitrogen and oxygen atoms in total. The number of benzene rings is 2. The van der Waals surface area contributed by atoms with Crippen molar-refractivity contribution in [2.45, 2.75) is 76.5 Å². The average molecular weight is 423 g/mol. The van der Waals surface area contributed by atoms with Gasteiger partial charge in [-0.1, -0.05) is 57.2 Å². The van der Waals surface area contributed by atoms with Crippen LogP contribution in [0.1, 0.15) is 87.8 Å². The Balaban J connectivity index is 1.51. The van der Waals surface area contributed by atoms with Gasteiger partial charge in [0, 0.05) is 0 Å². The number of quaternary nitrogens is 1. The summed E-state index contributed by atoms with van der Waals surface area (Å²) >= 11 is 0. The minimum atomic E-state index is 0.373. The standard InChI is InChI=1S/C29H44NO/c1-7-23(2)25-10-12-26(13-11-25)24(3)22-29(18-19-29)27-14-16-28(17-15-27)31-21-9-8-20-30(4,5)6/h10-17,23-24H,7-9,18-22H2,1-6H3/q+1. The van der Waals surface area contributed by atoms with E-state index in [1.165, 1.54) is 55.3 Å². The van der Waals surface area contributed by atoms with Crippen molar-refractivity contribution in [3.63, 3.8) is 0 Å². The highest BCUT2D eigenvalue weighted by Crippen LogP contribution is 2.54. The molecule has 1 saturated carbocycles. The highest BCUT2D eigenvalue weighted by molar-refractivity contribution is 5.37. The Bertz CT molecular complexity index is 796. The Labute approximate surface area is 191 Å². The largest absolute Gasteiger partial charge is 0.494 e. The van der Waals surface area contributed by atoms with Gasteiger partial charge in [0.05, 0.1) is 34.3 Å². The summed E-state index contributed by atoms with van der Waals surface area (Å²) in [5.74, 6) is 2.25. The number of hydrogen-bond acceptors (Lipinski definition) is 1. The lowest BCUT2D eigenvalue weighted by Crippen LogP contribution is -2.35. The lowest BCUT2D eigenvalue weighted by molar-refractivity contribution is -0.870. The van der Waals surface area contributed by atoms with E-state index in [1.807, 2.05) is 0 Å². The third kappa shape index (κ3) is 6.84. The van der Waals surface area contributed by atoms with Gasteiger partial charge in [0.25, 0.3) is 0 Å². The van der Waals surface area contributed by atoms with Crippen LogP contribution in [0.2, 0.25) is 0 Å². The lowest BCUT2D eigenvalue weighted by atomic mass is 9.83. The molecule has 2 unspecified atom stereocenters. The molecular weight excluding hydrogens is 378 g/mol. The highest BCUT2D eigenvalue weighted by Gasteiger charge is 2.44. The fourth-order valence-electron chi connectivity index (χ4n) is 4.64. The molecule has 2 atom stereocenters. The Hall–Kier alpha value is -1.80. The summed E-state index contributed by atoms with van der Waals surface area (Å²) in [6, 6.07) is 18.4. The van der Waals surface area contributed by atoms with Crippen LogP contribution < -0.4 is 4.74 Å². The summed E-state index contributed by atoms with van der Waals surface area (Å²) < 4.78 is 7.02. The topological polar surface area (TPSA) is 9.23 Å². The van der Waals surface area contributed by atoms with Gasteiger partial charge in [0.2, 0.25) is 0 Å². The van der Waals surface area contributed by atoms with Gasteiger partial charge in [-0.05, 0) is 84.6 Å². The lowest BCUT2D eigenvalue weighted by Gasteiger charge is -2.23. The zero-order valence-corrected chi connectivity index (χ0v) is 20.8. The fourth-order valence-corrected chi connectivity index (χ4v) is 4.64. The van der Waals surface area contributed by atoms with Crippen molar-refractivity contribution in [2.24, 2.45) is 0 Å². The van der Waals surface area contributed by atoms with E-state index in [9.17, 15) is 0 Å². The van der Waals surface area contributed by atoms with E-state index >= 15 is 0 Å². The molecule has 170 valence electrons. The van der Waals surface area contributed by atoms with E-state index in [1.54, 1.807) is 0 Å². The maximum absolute atomic E-state index is 5.99. The number of ether oxygens (including phenoxy) is 1. The van der Waals surface area contributed by atoms with Crippen molar-refractivity contribution in [2.75, 3.05) is 34.3 Å². The molecule has 2 heteroatoms. The maximum Gasteiger partial charge on any atom is 0.119 e. The first-order chi connectivity index (χ1) is 14.7. The smallest absolute Gasteiger partial charge is 0.119 e. The Morgan fingerprint density at radius 2 is 1.42 bits per heavy atom. The van der Waals surface area contributed by atoms with Crippen LogP contribution in [-0.2, 0) is 5.41 Å². The molecule has 0 aromatic heterocycles.